The highest BCUT2D eigenvalue weighted by atomic mass is 14.7. The molecule has 0 aromatic heterocycles. The maximum Gasteiger partial charge on any atom is 0.0645 e. The standard InChI is InChI=1S/C24H27N/c1-17(2)22-10-7-11-23(18(3)4)24(22)16-25-15-19-12-13-20-8-5-6-9-21(20)14-19/h5-15,17-18H,16H2,1-4H3. The zero-order chi connectivity index (χ0) is 17.8. The normalized spacial score (nSPS) is 11.9. The highest BCUT2D eigenvalue weighted by Gasteiger charge is 2.12. The number of aliphatic imine (C=N–C) groups is 1. The number of hydrogen-bond donors (Lipinski definition) is 0. The molecule has 0 aliphatic rings. The number of fused-ring (bicyclic) bond motifs is 1. The molecule has 0 bridgehead atoms. The van der Waals surface area contributed by atoms with Gasteiger partial charge in [-0.25, -0.2) is 0 Å². The third-order valence-corrected chi connectivity index (χ3v) is 4.76. The first kappa shape index (κ1) is 17.4. The average molecular weight is 329 g/mol. The Labute approximate surface area is 151 Å². The van der Waals surface area contributed by atoms with E-state index in [-0.39, 0.29) is 0 Å². The molecule has 0 saturated carbocycles. The summed E-state index contributed by atoms with van der Waals surface area (Å²) >= 11 is 0. The average Bonchev–Trinajstić information content (AvgIpc) is 2.61. The topological polar surface area (TPSA) is 12.4 Å². The van der Waals surface area contributed by atoms with Gasteiger partial charge in [-0.05, 0) is 50.9 Å². The maximum absolute atomic E-state index is 4.78. The van der Waals surface area contributed by atoms with E-state index in [0.29, 0.717) is 11.8 Å². The summed E-state index contributed by atoms with van der Waals surface area (Å²) in [6, 6.07) is 21.6. The summed E-state index contributed by atoms with van der Waals surface area (Å²) in [7, 11) is 0. The summed E-state index contributed by atoms with van der Waals surface area (Å²) < 4.78 is 0. The predicted octanol–water partition coefficient (Wildman–Crippen LogP) is 6.71. The van der Waals surface area contributed by atoms with Crippen molar-refractivity contribution in [3.8, 4) is 0 Å². The molecule has 1 nitrogen and oxygen atoms in total. The minimum Gasteiger partial charge on any atom is -0.288 e. The van der Waals surface area contributed by atoms with Gasteiger partial charge in [0.1, 0.15) is 0 Å². The molecular formula is C24H27N. The Morgan fingerprint density at radius 3 is 2.04 bits per heavy atom. The van der Waals surface area contributed by atoms with Crippen LogP contribution in [0.4, 0.5) is 0 Å². The van der Waals surface area contributed by atoms with Crippen molar-refractivity contribution in [2.24, 2.45) is 4.99 Å². The third kappa shape index (κ3) is 3.99. The molecule has 0 fully saturated rings. The van der Waals surface area contributed by atoms with Crippen LogP contribution < -0.4 is 0 Å². The van der Waals surface area contributed by atoms with Crippen LogP contribution in [0.1, 0.15) is 61.8 Å². The maximum atomic E-state index is 4.78. The quantitative estimate of drug-likeness (QED) is 0.461. The van der Waals surface area contributed by atoms with Crippen molar-refractivity contribution in [2.45, 2.75) is 46.1 Å². The summed E-state index contributed by atoms with van der Waals surface area (Å²) in [5.41, 5.74) is 5.39. The van der Waals surface area contributed by atoms with Gasteiger partial charge in [0, 0.05) is 6.21 Å². The largest absolute Gasteiger partial charge is 0.288 e. The lowest BCUT2D eigenvalue weighted by molar-refractivity contribution is 0.796. The highest BCUT2D eigenvalue weighted by molar-refractivity contribution is 5.90. The van der Waals surface area contributed by atoms with Crippen LogP contribution in [-0.2, 0) is 6.54 Å². The number of benzene rings is 3. The molecule has 0 radical (unpaired) electrons. The molecular weight excluding hydrogens is 302 g/mol. The first-order chi connectivity index (χ1) is 12.1. The summed E-state index contributed by atoms with van der Waals surface area (Å²) in [4.78, 5) is 4.78. The van der Waals surface area contributed by atoms with Gasteiger partial charge in [0.25, 0.3) is 0 Å². The van der Waals surface area contributed by atoms with Crippen molar-refractivity contribution in [1.29, 1.82) is 0 Å². The van der Waals surface area contributed by atoms with Crippen LogP contribution in [-0.4, -0.2) is 6.21 Å². The molecule has 0 N–H and O–H groups in total. The van der Waals surface area contributed by atoms with Crippen LogP contribution in [0.2, 0.25) is 0 Å². The van der Waals surface area contributed by atoms with E-state index in [2.05, 4.69) is 88.4 Å². The molecule has 0 aliphatic carbocycles. The molecule has 1 heteroatoms. The van der Waals surface area contributed by atoms with Gasteiger partial charge in [-0.3, -0.25) is 4.99 Å². The van der Waals surface area contributed by atoms with Gasteiger partial charge in [0.05, 0.1) is 6.54 Å². The smallest absolute Gasteiger partial charge is 0.0645 e. The molecule has 0 aliphatic heterocycles. The molecule has 0 saturated heterocycles. The fraction of sp³-hybridized carbons (Fsp3) is 0.292. The number of nitrogens with zero attached hydrogens (tertiary/aromatic N) is 1. The highest BCUT2D eigenvalue weighted by Crippen LogP contribution is 2.28. The Bertz CT molecular complexity index is 861. The third-order valence-electron chi connectivity index (χ3n) is 4.76. The Morgan fingerprint density at radius 2 is 1.40 bits per heavy atom. The molecule has 3 rings (SSSR count). The van der Waals surface area contributed by atoms with Gasteiger partial charge >= 0.3 is 0 Å². The molecule has 0 unspecified atom stereocenters. The Hall–Kier alpha value is -2.41. The van der Waals surface area contributed by atoms with Crippen molar-refractivity contribution in [3.05, 3.63) is 82.9 Å². The molecule has 0 amide bonds. The van der Waals surface area contributed by atoms with Gasteiger partial charge in [-0.15, -0.1) is 0 Å². The lowest BCUT2D eigenvalue weighted by Gasteiger charge is -2.18. The molecule has 0 spiro atoms. The van der Waals surface area contributed by atoms with E-state index in [9.17, 15) is 0 Å². The minimum absolute atomic E-state index is 0.518. The number of rotatable bonds is 5. The lowest BCUT2D eigenvalue weighted by Crippen LogP contribution is -2.03. The Balaban J connectivity index is 1.88. The predicted molar refractivity (Wildman–Crippen MR) is 110 cm³/mol. The van der Waals surface area contributed by atoms with Gasteiger partial charge in [-0.1, -0.05) is 82.3 Å². The SMILES string of the molecule is CC(C)c1cccc(C(C)C)c1CN=Cc1ccc2ccccc2c1. The van der Waals surface area contributed by atoms with Gasteiger partial charge in [0.2, 0.25) is 0 Å². The van der Waals surface area contributed by atoms with Crippen molar-refractivity contribution in [2.75, 3.05) is 0 Å². The van der Waals surface area contributed by atoms with Crippen molar-refractivity contribution in [3.63, 3.8) is 0 Å². The van der Waals surface area contributed by atoms with E-state index >= 15 is 0 Å². The van der Waals surface area contributed by atoms with Crippen molar-refractivity contribution in [1.82, 2.24) is 0 Å². The van der Waals surface area contributed by atoms with Crippen LogP contribution in [0.5, 0.6) is 0 Å². The zero-order valence-electron chi connectivity index (χ0n) is 15.7. The van der Waals surface area contributed by atoms with E-state index in [1.54, 1.807) is 0 Å². The summed E-state index contributed by atoms with van der Waals surface area (Å²) in [6.07, 6.45) is 2.01. The Morgan fingerprint density at radius 1 is 0.760 bits per heavy atom. The van der Waals surface area contributed by atoms with E-state index in [1.165, 1.54) is 27.5 Å². The first-order valence-electron chi connectivity index (χ1n) is 9.16. The molecule has 25 heavy (non-hydrogen) atoms. The van der Waals surface area contributed by atoms with E-state index in [0.717, 1.165) is 12.1 Å². The second-order valence-corrected chi connectivity index (χ2v) is 7.30. The summed E-state index contributed by atoms with van der Waals surface area (Å²) in [5, 5.41) is 2.53. The molecule has 0 heterocycles. The molecule has 0 atom stereocenters. The number of hydrogen-bond acceptors (Lipinski definition) is 1. The van der Waals surface area contributed by atoms with Crippen LogP contribution in [0.25, 0.3) is 10.8 Å². The zero-order valence-corrected chi connectivity index (χ0v) is 15.7. The second kappa shape index (κ2) is 7.65. The van der Waals surface area contributed by atoms with Crippen molar-refractivity contribution >= 4 is 17.0 Å². The minimum atomic E-state index is 0.518. The lowest BCUT2D eigenvalue weighted by atomic mass is 9.89. The van der Waals surface area contributed by atoms with Gasteiger partial charge in [-0.2, -0.15) is 0 Å². The summed E-state index contributed by atoms with van der Waals surface area (Å²) in [5.74, 6) is 1.04. The second-order valence-electron chi connectivity index (χ2n) is 7.30. The monoisotopic (exact) mass is 329 g/mol. The fourth-order valence-corrected chi connectivity index (χ4v) is 3.42. The van der Waals surface area contributed by atoms with Crippen molar-refractivity contribution < 1.29 is 0 Å². The van der Waals surface area contributed by atoms with E-state index in [1.807, 2.05) is 6.21 Å². The summed E-state index contributed by atoms with van der Waals surface area (Å²) in [6.45, 7) is 9.78. The van der Waals surface area contributed by atoms with Crippen LogP contribution in [0.15, 0.2) is 65.7 Å². The first-order valence-corrected chi connectivity index (χ1v) is 9.16. The van der Waals surface area contributed by atoms with Crippen LogP contribution >= 0.6 is 0 Å². The fourth-order valence-electron chi connectivity index (χ4n) is 3.42. The van der Waals surface area contributed by atoms with Gasteiger partial charge < -0.3 is 0 Å². The van der Waals surface area contributed by atoms with Crippen LogP contribution in [0, 0.1) is 0 Å². The molecule has 3 aromatic rings. The van der Waals surface area contributed by atoms with Crippen LogP contribution in [0.3, 0.4) is 0 Å². The molecule has 3 aromatic carbocycles. The van der Waals surface area contributed by atoms with E-state index in [4.69, 9.17) is 4.99 Å². The van der Waals surface area contributed by atoms with Gasteiger partial charge in [0.15, 0.2) is 0 Å². The molecule has 128 valence electrons. The Kier molecular flexibility index (Phi) is 5.33. The van der Waals surface area contributed by atoms with E-state index < -0.39 is 0 Å².